The van der Waals surface area contributed by atoms with Crippen molar-refractivity contribution >= 4 is 33.3 Å². The molecular weight excluding hydrogens is 399 g/mol. The van der Waals surface area contributed by atoms with Gasteiger partial charge in [-0.3, -0.25) is 4.79 Å². The first-order valence-electron chi connectivity index (χ1n) is 9.96. The van der Waals surface area contributed by atoms with Gasteiger partial charge in [0.1, 0.15) is 5.82 Å². The lowest BCUT2D eigenvalue weighted by atomic mass is 10.1. The van der Waals surface area contributed by atoms with Gasteiger partial charge in [0.2, 0.25) is 5.91 Å². The van der Waals surface area contributed by atoms with Gasteiger partial charge in [-0.05, 0) is 35.9 Å². The smallest absolute Gasteiger partial charge is 0.227 e. The third-order valence-electron chi connectivity index (χ3n) is 5.55. The second kappa shape index (κ2) is 7.91. The number of benzene rings is 2. The lowest BCUT2D eigenvalue weighted by molar-refractivity contribution is -0.130. The number of carbonyl (C=O) groups excluding carboxylic acids is 1. The highest BCUT2D eigenvalue weighted by Crippen LogP contribution is 2.28. The monoisotopic (exact) mass is 420 g/mol. The molecule has 0 aliphatic carbocycles. The van der Waals surface area contributed by atoms with Gasteiger partial charge in [-0.15, -0.1) is 11.3 Å². The van der Waals surface area contributed by atoms with Crippen molar-refractivity contribution in [1.82, 2.24) is 14.9 Å². The SMILES string of the molecule is O=C(Cc1c[nH]c2ccccc12)N1CCN(c2nc(-c3ccc(F)cc3)cs2)CC1. The number of nitrogens with one attached hydrogen (secondary N) is 1. The molecule has 0 bridgehead atoms. The molecule has 1 amide bonds. The molecule has 1 saturated heterocycles. The Hall–Kier alpha value is -3.19. The minimum Gasteiger partial charge on any atom is -0.361 e. The maximum absolute atomic E-state index is 13.1. The number of halogens is 1. The molecule has 0 spiro atoms. The van der Waals surface area contributed by atoms with Crippen molar-refractivity contribution in [1.29, 1.82) is 0 Å². The average molecular weight is 421 g/mol. The fourth-order valence-electron chi connectivity index (χ4n) is 3.86. The largest absolute Gasteiger partial charge is 0.361 e. The number of H-pyrrole nitrogens is 1. The minimum atomic E-state index is -0.248. The molecule has 7 heteroatoms. The summed E-state index contributed by atoms with van der Waals surface area (Å²) in [7, 11) is 0. The number of aromatic amines is 1. The third-order valence-corrected chi connectivity index (χ3v) is 6.45. The summed E-state index contributed by atoms with van der Waals surface area (Å²) in [6, 6.07) is 14.5. The Bertz CT molecular complexity index is 1180. The standard InChI is InChI=1S/C23H21FN4OS/c24-18-7-5-16(6-8-18)21-15-30-23(26-21)28-11-9-27(10-12-28)22(29)13-17-14-25-20-4-2-1-3-19(17)20/h1-8,14-15,25H,9-13H2. The zero-order valence-electron chi connectivity index (χ0n) is 16.3. The molecule has 1 N–H and O–H groups in total. The van der Waals surface area contributed by atoms with Crippen LogP contribution in [0.4, 0.5) is 9.52 Å². The van der Waals surface area contributed by atoms with Gasteiger partial charge in [-0.25, -0.2) is 9.37 Å². The fraction of sp³-hybridized carbons (Fsp3) is 0.217. The molecule has 1 aliphatic rings. The molecule has 2 aromatic heterocycles. The van der Waals surface area contributed by atoms with Gasteiger partial charge in [-0.1, -0.05) is 18.2 Å². The van der Waals surface area contributed by atoms with Crippen molar-refractivity contribution in [2.45, 2.75) is 6.42 Å². The second-order valence-electron chi connectivity index (χ2n) is 7.43. The van der Waals surface area contributed by atoms with Gasteiger partial charge in [0.05, 0.1) is 12.1 Å². The van der Waals surface area contributed by atoms with Crippen LogP contribution in [0.5, 0.6) is 0 Å². The summed E-state index contributed by atoms with van der Waals surface area (Å²) in [4.78, 5) is 24.9. The van der Waals surface area contributed by atoms with E-state index in [4.69, 9.17) is 4.98 Å². The Labute approximate surface area is 177 Å². The number of aromatic nitrogens is 2. The number of hydrogen-bond donors (Lipinski definition) is 1. The van der Waals surface area contributed by atoms with Crippen molar-refractivity contribution in [3.8, 4) is 11.3 Å². The Morgan fingerprint density at radius 3 is 2.63 bits per heavy atom. The molecule has 152 valence electrons. The summed E-state index contributed by atoms with van der Waals surface area (Å²) in [6.07, 6.45) is 2.35. The van der Waals surface area contributed by atoms with Crippen molar-refractivity contribution in [2.75, 3.05) is 31.1 Å². The molecule has 30 heavy (non-hydrogen) atoms. The molecule has 0 radical (unpaired) electrons. The van der Waals surface area contributed by atoms with E-state index in [0.717, 1.165) is 45.9 Å². The van der Waals surface area contributed by atoms with Crippen LogP contribution in [0.15, 0.2) is 60.1 Å². The van der Waals surface area contributed by atoms with E-state index < -0.39 is 0 Å². The molecular formula is C23H21FN4OS. The molecule has 0 atom stereocenters. The number of fused-ring (bicyclic) bond motifs is 1. The Morgan fingerprint density at radius 2 is 1.83 bits per heavy atom. The average Bonchev–Trinajstić information content (AvgIpc) is 3.42. The van der Waals surface area contributed by atoms with Gasteiger partial charge < -0.3 is 14.8 Å². The molecule has 1 fully saturated rings. The van der Waals surface area contributed by atoms with Crippen molar-refractivity contribution in [3.05, 3.63) is 71.5 Å². The van der Waals surface area contributed by atoms with Crippen LogP contribution in [-0.4, -0.2) is 47.0 Å². The number of piperazine rings is 1. The Balaban J connectivity index is 1.21. The Morgan fingerprint density at radius 1 is 1.07 bits per heavy atom. The van der Waals surface area contributed by atoms with Crippen LogP contribution in [0, 0.1) is 5.82 Å². The molecule has 0 unspecified atom stereocenters. The summed E-state index contributed by atoms with van der Waals surface area (Å²) >= 11 is 1.58. The number of rotatable bonds is 4. The van der Waals surface area contributed by atoms with Gasteiger partial charge in [0.15, 0.2) is 5.13 Å². The predicted molar refractivity (Wildman–Crippen MR) is 118 cm³/mol. The summed E-state index contributed by atoms with van der Waals surface area (Å²) in [5.74, 6) is -0.0897. The number of thiazole rings is 1. The number of amides is 1. The highest BCUT2D eigenvalue weighted by molar-refractivity contribution is 7.14. The fourth-order valence-corrected chi connectivity index (χ4v) is 4.75. The van der Waals surface area contributed by atoms with E-state index in [9.17, 15) is 9.18 Å². The number of para-hydroxylation sites is 1. The maximum Gasteiger partial charge on any atom is 0.227 e. The molecule has 0 saturated carbocycles. The first kappa shape index (κ1) is 18.8. The third kappa shape index (κ3) is 3.68. The van der Waals surface area contributed by atoms with Gasteiger partial charge in [0.25, 0.3) is 0 Å². The highest BCUT2D eigenvalue weighted by Gasteiger charge is 2.23. The lowest BCUT2D eigenvalue weighted by Gasteiger charge is -2.34. The minimum absolute atomic E-state index is 0.158. The summed E-state index contributed by atoms with van der Waals surface area (Å²) in [6.45, 7) is 2.89. The number of nitrogens with zero attached hydrogens (tertiary/aromatic N) is 3. The molecule has 1 aliphatic heterocycles. The normalized spacial score (nSPS) is 14.4. The predicted octanol–water partition coefficient (Wildman–Crippen LogP) is 4.32. The first-order valence-corrected chi connectivity index (χ1v) is 10.8. The van der Waals surface area contributed by atoms with E-state index in [0.29, 0.717) is 19.5 Å². The van der Waals surface area contributed by atoms with Crippen molar-refractivity contribution in [2.24, 2.45) is 0 Å². The van der Waals surface area contributed by atoms with Crippen molar-refractivity contribution < 1.29 is 9.18 Å². The van der Waals surface area contributed by atoms with E-state index in [2.05, 4.69) is 9.88 Å². The second-order valence-corrected chi connectivity index (χ2v) is 8.26. The number of hydrogen-bond acceptors (Lipinski definition) is 4. The van der Waals surface area contributed by atoms with E-state index in [1.54, 1.807) is 23.5 Å². The molecule has 4 aromatic rings. The zero-order chi connectivity index (χ0) is 20.5. The zero-order valence-corrected chi connectivity index (χ0v) is 17.2. The van der Waals surface area contributed by atoms with Crippen LogP contribution in [0.1, 0.15) is 5.56 Å². The van der Waals surface area contributed by atoms with Gasteiger partial charge in [0, 0.05) is 54.2 Å². The molecule has 2 aromatic carbocycles. The summed E-state index contributed by atoms with van der Waals surface area (Å²) < 4.78 is 13.1. The summed E-state index contributed by atoms with van der Waals surface area (Å²) in [5.41, 5.74) is 3.87. The van der Waals surface area contributed by atoms with Gasteiger partial charge in [-0.2, -0.15) is 0 Å². The maximum atomic E-state index is 13.1. The van der Waals surface area contributed by atoms with E-state index in [1.807, 2.05) is 40.7 Å². The van der Waals surface area contributed by atoms with Crippen LogP contribution in [-0.2, 0) is 11.2 Å². The topological polar surface area (TPSA) is 52.2 Å². The van der Waals surface area contributed by atoms with E-state index in [1.165, 1.54) is 12.1 Å². The van der Waals surface area contributed by atoms with Crippen molar-refractivity contribution in [3.63, 3.8) is 0 Å². The number of carbonyl (C=O) groups is 1. The molecule has 3 heterocycles. The van der Waals surface area contributed by atoms with Crippen LogP contribution in [0.2, 0.25) is 0 Å². The van der Waals surface area contributed by atoms with Crippen LogP contribution < -0.4 is 4.90 Å². The number of anilines is 1. The van der Waals surface area contributed by atoms with Crippen LogP contribution >= 0.6 is 11.3 Å². The Kier molecular flexibility index (Phi) is 4.96. The van der Waals surface area contributed by atoms with E-state index >= 15 is 0 Å². The molecule has 5 nitrogen and oxygen atoms in total. The highest BCUT2D eigenvalue weighted by atomic mass is 32.1. The van der Waals surface area contributed by atoms with E-state index in [-0.39, 0.29) is 11.7 Å². The van der Waals surface area contributed by atoms with Gasteiger partial charge >= 0.3 is 0 Å². The van der Waals surface area contributed by atoms with Crippen LogP contribution in [0.3, 0.4) is 0 Å². The van der Waals surface area contributed by atoms with Crippen LogP contribution in [0.25, 0.3) is 22.2 Å². The quantitative estimate of drug-likeness (QED) is 0.535. The first-order chi connectivity index (χ1) is 14.7. The molecule has 5 rings (SSSR count). The summed E-state index contributed by atoms with van der Waals surface area (Å²) in [5, 5.41) is 4.05. The lowest BCUT2D eigenvalue weighted by Crippen LogP contribution is -2.49.